The monoisotopic (exact) mass is 403 g/mol. The Morgan fingerprint density at radius 1 is 1.04 bits per heavy atom. The average Bonchev–Trinajstić information content (AvgIpc) is 2.68. The van der Waals surface area contributed by atoms with E-state index in [0.29, 0.717) is 22.3 Å². The van der Waals surface area contributed by atoms with Crippen LogP contribution in [0.1, 0.15) is 32.4 Å². The van der Waals surface area contributed by atoms with Gasteiger partial charge in [0.05, 0.1) is 12.4 Å². The maximum atomic E-state index is 14.5. The molecule has 0 saturated carbocycles. The Kier molecular flexibility index (Phi) is 6.04. The summed E-state index contributed by atoms with van der Waals surface area (Å²) in [7, 11) is 1.36. The van der Waals surface area contributed by atoms with Crippen LogP contribution in [-0.4, -0.2) is 18.4 Å². The molecule has 3 nitrogen and oxygen atoms in total. The van der Waals surface area contributed by atoms with E-state index in [1.807, 2.05) is 0 Å². The lowest BCUT2D eigenvalue weighted by Crippen LogP contribution is -2.05. The third kappa shape index (κ3) is 4.20. The van der Waals surface area contributed by atoms with Crippen LogP contribution in [0.2, 0.25) is 0 Å². The van der Waals surface area contributed by atoms with Gasteiger partial charge in [0, 0.05) is 16.7 Å². The highest BCUT2D eigenvalue weighted by atomic mass is 32.2. The predicted octanol–water partition coefficient (Wildman–Crippen LogP) is 5.51. The molecule has 0 aliphatic rings. The molecule has 0 aliphatic heterocycles. The first-order valence-electron chi connectivity index (χ1n) is 8.29. The average molecular weight is 403 g/mol. The number of nitrogens with zero attached hydrogens (tertiary/aromatic N) is 1. The summed E-state index contributed by atoms with van der Waals surface area (Å²) < 4.78 is 47.4. The van der Waals surface area contributed by atoms with Gasteiger partial charge in [-0.05, 0) is 60.5 Å². The van der Waals surface area contributed by atoms with E-state index in [1.54, 1.807) is 19.1 Å². The molecular weight excluding hydrogens is 387 g/mol. The number of halogens is 3. The summed E-state index contributed by atoms with van der Waals surface area (Å²) in [5, 5.41) is -0.698. The maximum Gasteiger partial charge on any atom is 0.168 e. The Morgan fingerprint density at radius 3 is 2.46 bits per heavy atom. The third-order valence-electron chi connectivity index (χ3n) is 4.19. The van der Waals surface area contributed by atoms with Gasteiger partial charge in [-0.3, -0.25) is 9.78 Å². The second-order valence-corrected chi connectivity index (χ2v) is 7.22. The summed E-state index contributed by atoms with van der Waals surface area (Å²) in [5.41, 5.74) is 1.62. The second-order valence-electron chi connectivity index (χ2n) is 6.04. The molecule has 144 valence electrons. The van der Waals surface area contributed by atoms with E-state index in [0.717, 1.165) is 30.0 Å². The summed E-state index contributed by atoms with van der Waals surface area (Å²) in [6, 6.07) is 9.15. The first-order valence-corrected chi connectivity index (χ1v) is 9.17. The van der Waals surface area contributed by atoms with Crippen molar-refractivity contribution < 1.29 is 22.7 Å². The molecule has 3 rings (SSSR count). The fraction of sp³-hybridized carbons (Fsp3) is 0.143. The van der Waals surface area contributed by atoms with Crippen molar-refractivity contribution in [1.82, 2.24) is 4.98 Å². The molecule has 0 aliphatic carbocycles. The van der Waals surface area contributed by atoms with Gasteiger partial charge >= 0.3 is 0 Å². The van der Waals surface area contributed by atoms with E-state index in [2.05, 4.69) is 4.98 Å². The topological polar surface area (TPSA) is 39.2 Å². The largest absolute Gasteiger partial charge is 0.494 e. The van der Waals surface area contributed by atoms with Gasteiger partial charge in [0.2, 0.25) is 0 Å². The van der Waals surface area contributed by atoms with Gasteiger partial charge in [-0.15, -0.1) is 11.8 Å². The molecule has 2 aromatic carbocycles. The molecule has 0 amide bonds. The van der Waals surface area contributed by atoms with Crippen LogP contribution in [0, 0.1) is 24.4 Å². The van der Waals surface area contributed by atoms with E-state index < -0.39 is 22.7 Å². The quantitative estimate of drug-likeness (QED) is 0.402. The van der Waals surface area contributed by atoms with Crippen molar-refractivity contribution in [1.29, 1.82) is 0 Å². The molecule has 1 atom stereocenters. The van der Waals surface area contributed by atoms with Crippen LogP contribution < -0.4 is 4.74 Å². The SMILES string of the molecule is COc1ccc(SC(c2cnc(C=O)cc2C)c2cc(F)ccc2F)cc1F. The highest BCUT2D eigenvalue weighted by Crippen LogP contribution is 2.43. The van der Waals surface area contributed by atoms with Crippen LogP contribution in [0.4, 0.5) is 13.2 Å². The van der Waals surface area contributed by atoms with Crippen LogP contribution >= 0.6 is 11.8 Å². The number of hydrogen-bond acceptors (Lipinski definition) is 4. The zero-order chi connectivity index (χ0) is 20.3. The first kappa shape index (κ1) is 19.9. The molecule has 1 unspecified atom stereocenters. The van der Waals surface area contributed by atoms with E-state index in [4.69, 9.17) is 4.74 Å². The van der Waals surface area contributed by atoms with Gasteiger partial charge in [0.1, 0.15) is 17.3 Å². The molecule has 0 radical (unpaired) electrons. The van der Waals surface area contributed by atoms with E-state index in [9.17, 15) is 18.0 Å². The van der Waals surface area contributed by atoms with Gasteiger partial charge in [0.15, 0.2) is 17.9 Å². The number of aromatic nitrogens is 1. The minimum absolute atomic E-state index is 0.0889. The Hall–Kier alpha value is -2.80. The van der Waals surface area contributed by atoms with Crippen LogP contribution in [0.5, 0.6) is 5.75 Å². The fourth-order valence-corrected chi connectivity index (χ4v) is 4.07. The van der Waals surface area contributed by atoms with Gasteiger partial charge < -0.3 is 4.74 Å². The van der Waals surface area contributed by atoms with E-state index in [-0.39, 0.29) is 17.0 Å². The number of thioether (sulfide) groups is 1. The van der Waals surface area contributed by atoms with E-state index >= 15 is 0 Å². The van der Waals surface area contributed by atoms with Gasteiger partial charge in [-0.1, -0.05) is 0 Å². The molecule has 3 aromatic rings. The Labute approximate surface area is 164 Å². The molecule has 1 heterocycles. The Balaban J connectivity index is 2.10. The van der Waals surface area contributed by atoms with Crippen LogP contribution in [-0.2, 0) is 0 Å². The predicted molar refractivity (Wildman–Crippen MR) is 101 cm³/mol. The molecule has 0 N–H and O–H groups in total. The molecule has 7 heteroatoms. The van der Waals surface area contributed by atoms with Gasteiger partial charge in [-0.25, -0.2) is 13.2 Å². The number of methoxy groups -OCH3 is 1. The molecule has 0 saturated heterocycles. The molecule has 0 fully saturated rings. The van der Waals surface area contributed by atoms with Crippen molar-refractivity contribution in [3.63, 3.8) is 0 Å². The molecular formula is C21H16F3NO2S. The third-order valence-corrected chi connectivity index (χ3v) is 5.46. The highest BCUT2D eigenvalue weighted by molar-refractivity contribution is 7.99. The zero-order valence-electron chi connectivity index (χ0n) is 15.1. The Morgan fingerprint density at radius 2 is 1.82 bits per heavy atom. The zero-order valence-corrected chi connectivity index (χ0v) is 15.9. The van der Waals surface area contributed by atoms with Crippen LogP contribution in [0.25, 0.3) is 0 Å². The molecule has 1 aromatic heterocycles. The number of aryl methyl sites for hydroxylation is 1. The maximum absolute atomic E-state index is 14.5. The minimum atomic E-state index is -0.698. The number of pyridine rings is 1. The molecule has 0 spiro atoms. The fourth-order valence-electron chi connectivity index (χ4n) is 2.79. The number of hydrogen-bond donors (Lipinski definition) is 0. The van der Waals surface area contributed by atoms with Crippen molar-refractivity contribution in [2.24, 2.45) is 0 Å². The number of rotatable bonds is 6. The summed E-state index contributed by atoms with van der Waals surface area (Å²) in [4.78, 5) is 15.5. The number of carbonyl (C=O) groups is 1. The highest BCUT2D eigenvalue weighted by Gasteiger charge is 2.23. The molecule has 28 heavy (non-hydrogen) atoms. The molecule has 0 bridgehead atoms. The normalized spacial score (nSPS) is 11.9. The summed E-state index contributed by atoms with van der Waals surface area (Å²) in [5.74, 6) is -1.65. The standard InChI is InChI=1S/C21H16F3NO2S/c1-12-7-14(11-26)25-10-17(12)21(16-8-13(22)3-5-18(16)23)28-15-4-6-20(27-2)19(24)9-15/h3-11,21H,1-2H3. The summed E-state index contributed by atoms with van der Waals surface area (Å²) in [6.45, 7) is 1.75. The number of aldehydes is 1. The second kappa shape index (κ2) is 8.48. The lowest BCUT2D eigenvalue weighted by atomic mass is 10.0. The van der Waals surface area contributed by atoms with Gasteiger partial charge in [-0.2, -0.15) is 0 Å². The van der Waals surface area contributed by atoms with Crippen LogP contribution in [0.15, 0.2) is 53.6 Å². The lowest BCUT2D eigenvalue weighted by Gasteiger charge is -2.20. The summed E-state index contributed by atoms with van der Waals surface area (Å²) in [6.07, 6.45) is 2.07. The number of benzene rings is 2. The smallest absolute Gasteiger partial charge is 0.168 e. The number of carbonyl (C=O) groups excluding carboxylic acids is 1. The van der Waals surface area contributed by atoms with E-state index in [1.165, 1.54) is 25.4 Å². The Bertz CT molecular complexity index is 1030. The van der Waals surface area contributed by atoms with Crippen molar-refractivity contribution in [3.05, 3.63) is 88.5 Å². The van der Waals surface area contributed by atoms with Gasteiger partial charge in [0.25, 0.3) is 0 Å². The number of ether oxygens (including phenoxy) is 1. The van der Waals surface area contributed by atoms with Crippen LogP contribution in [0.3, 0.4) is 0 Å². The van der Waals surface area contributed by atoms with Crippen molar-refractivity contribution in [3.8, 4) is 5.75 Å². The van der Waals surface area contributed by atoms with Crippen molar-refractivity contribution >= 4 is 18.0 Å². The van der Waals surface area contributed by atoms with Crippen molar-refractivity contribution in [2.45, 2.75) is 17.1 Å². The summed E-state index contributed by atoms with van der Waals surface area (Å²) >= 11 is 1.15. The minimum Gasteiger partial charge on any atom is -0.494 e. The van der Waals surface area contributed by atoms with Crippen molar-refractivity contribution in [2.75, 3.05) is 7.11 Å². The first-order chi connectivity index (χ1) is 13.4. The lowest BCUT2D eigenvalue weighted by molar-refractivity contribution is 0.111.